The third-order valence-corrected chi connectivity index (χ3v) is 6.81. The minimum atomic E-state index is -0.499. The van der Waals surface area contributed by atoms with Crippen LogP contribution in [0.15, 0.2) is 24.3 Å². The van der Waals surface area contributed by atoms with E-state index in [1.54, 1.807) is 0 Å². The number of benzene rings is 1. The summed E-state index contributed by atoms with van der Waals surface area (Å²) < 4.78 is 18.3. The van der Waals surface area contributed by atoms with Gasteiger partial charge in [-0.1, -0.05) is 55.8 Å². The van der Waals surface area contributed by atoms with Gasteiger partial charge in [-0.15, -0.1) is 0 Å². The van der Waals surface area contributed by atoms with Gasteiger partial charge in [0.05, 0.1) is 12.1 Å². The lowest BCUT2D eigenvalue weighted by molar-refractivity contribution is -0.159. The predicted molar refractivity (Wildman–Crippen MR) is 108 cm³/mol. The number of hydrogen-bond donors (Lipinski definition) is 0. The standard InChI is InChI=1S/C23H32ClFO2/c24-20-11-9-19(10-12-20)23(15-3-1-4-16-23)22(26)27-21-13-7-18(8-14-21)6-2-5-17-25/h9-12,18,21H,1-8,13-17H2/t18-,21-. The molecule has 0 spiro atoms. The highest BCUT2D eigenvalue weighted by Crippen LogP contribution is 2.42. The summed E-state index contributed by atoms with van der Waals surface area (Å²) in [7, 11) is 0. The largest absolute Gasteiger partial charge is 0.462 e. The van der Waals surface area contributed by atoms with E-state index in [9.17, 15) is 9.18 Å². The van der Waals surface area contributed by atoms with Gasteiger partial charge in [0.15, 0.2) is 0 Å². The van der Waals surface area contributed by atoms with Crippen molar-refractivity contribution in [2.75, 3.05) is 6.67 Å². The fourth-order valence-electron chi connectivity index (χ4n) is 4.86. The van der Waals surface area contributed by atoms with Crippen LogP contribution in [0.25, 0.3) is 0 Å². The number of alkyl halides is 1. The maximum atomic E-state index is 13.3. The van der Waals surface area contributed by atoms with E-state index in [4.69, 9.17) is 16.3 Å². The van der Waals surface area contributed by atoms with E-state index in [2.05, 4.69) is 0 Å². The molecule has 0 unspecified atom stereocenters. The molecule has 0 aliphatic heterocycles. The average Bonchev–Trinajstić information content (AvgIpc) is 2.70. The van der Waals surface area contributed by atoms with Crippen LogP contribution in [0.2, 0.25) is 5.02 Å². The van der Waals surface area contributed by atoms with Crippen molar-refractivity contribution < 1.29 is 13.9 Å². The van der Waals surface area contributed by atoms with Crippen molar-refractivity contribution in [1.29, 1.82) is 0 Å². The van der Waals surface area contributed by atoms with E-state index in [-0.39, 0.29) is 18.7 Å². The van der Waals surface area contributed by atoms with Crippen LogP contribution in [0.1, 0.15) is 82.6 Å². The van der Waals surface area contributed by atoms with E-state index in [1.165, 1.54) is 6.42 Å². The van der Waals surface area contributed by atoms with Crippen LogP contribution in [0, 0.1) is 5.92 Å². The summed E-state index contributed by atoms with van der Waals surface area (Å²) >= 11 is 6.05. The second kappa shape index (κ2) is 9.91. The first-order valence-corrected chi connectivity index (χ1v) is 11.0. The highest BCUT2D eigenvalue weighted by atomic mass is 35.5. The summed E-state index contributed by atoms with van der Waals surface area (Å²) in [4.78, 5) is 13.3. The molecule has 2 aliphatic carbocycles. The Labute approximate surface area is 167 Å². The SMILES string of the molecule is O=C(O[C@H]1CC[C@H](CCCCF)CC1)C1(c2ccc(Cl)cc2)CCCCC1. The lowest BCUT2D eigenvalue weighted by Crippen LogP contribution is -2.41. The fourth-order valence-corrected chi connectivity index (χ4v) is 4.99. The minimum Gasteiger partial charge on any atom is -0.462 e. The molecule has 0 aromatic heterocycles. The molecular formula is C23H32ClFO2. The van der Waals surface area contributed by atoms with Gasteiger partial charge >= 0.3 is 5.97 Å². The molecule has 4 heteroatoms. The molecule has 150 valence electrons. The topological polar surface area (TPSA) is 26.3 Å². The van der Waals surface area contributed by atoms with Crippen molar-refractivity contribution in [3.05, 3.63) is 34.9 Å². The highest BCUT2D eigenvalue weighted by molar-refractivity contribution is 6.30. The van der Waals surface area contributed by atoms with Gasteiger partial charge in [0.1, 0.15) is 6.10 Å². The summed E-state index contributed by atoms with van der Waals surface area (Å²) in [5, 5.41) is 0.698. The van der Waals surface area contributed by atoms with Crippen molar-refractivity contribution in [3.63, 3.8) is 0 Å². The Kier molecular flexibility index (Phi) is 7.57. The average molecular weight is 395 g/mol. The first kappa shape index (κ1) is 20.6. The van der Waals surface area contributed by atoms with Crippen LogP contribution in [-0.4, -0.2) is 18.7 Å². The summed E-state index contributed by atoms with van der Waals surface area (Å²) in [6, 6.07) is 7.75. The summed E-state index contributed by atoms with van der Waals surface area (Å²) in [6.07, 6.45) is 12.0. The van der Waals surface area contributed by atoms with Crippen LogP contribution in [-0.2, 0) is 14.9 Å². The smallest absolute Gasteiger partial charge is 0.316 e. The molecule has 0 atom stereocenters. The molecule has 0 N–H and O–H groups in total. The zero-order valence-electron chi connectivity index (χ0n) is 16.2. The quantitative estimate of drug-likeness (QED) is 0.376. The number of carbonyl (C=O) groups is 1. The molecule has 1 aromatic rings. The molecule has 1 aromatic carbocycles. The monoisotopic (exact) mass is 394 g/mol. The van der Waals surface area contributed by atoms with Crippen molar-refractivity contribution in [2.24, 2.45) is 5.92 Å². The maximum Gasteiger partial charge on any atom is 0.316 e. The Morgan fingerprint density at radius 2 is 1.70 bits per heavy atom. The molecule has 0 amide bonds. The molecule has 2 fully saturated rings. The predicted octanol–water partition coefficient (Wildman–Crippen LogP) is 6.78. The lowest BCUT2D eigenvalue weighted by atomic mass is 9.69. The molecule has 2 aliphatic rings. The second-order valence-electron chi connectivity index (χ2n) is 8.38. The van der Waals surface area contributed by atoms with Gasteiger partial charge in [-0.3, -0.25) is 9.18 Å². The van der Waals surface area contributed by atoms with E-state index in [1.807, 2.05) is 24.3 Å². The van der Waals surface area contributed by atoms with Gasteiger partial charge in [0, 0.05) is 5.02 Å². The summed E-state index contributed by atoms with van der Waals surface area (Å²) in [5.41, 5.74) is 0.553. The number of halogens is 2. The molecule has 2 nitrogen and oxygen atoms in total. The van der Waals surface area contributed by atoms with Crippen LogP contribution in [0.5, 0.6) is 0 Å². The zero-order chi connectivity index (χ0) is 19.1. The number of carbonyl (C=O) groups excluding carboxylic acids is 1. The highest BCUT2D eigenvalue weighted by Gasteiger charge is 2.43. The van der Waals surface area contributed by atoms with E-state index < -0.39 is 5.41 Å². The van der Waals surface area contributed by atoms with Crippen LogP contribution in [0.4, 0.5) is 4.39 Å². The Hall–Kier alpha value is -1.09. The van der Waals surface area contributed by atoms with Crippen LogP contribution in [0.3, 0.4) is 0 Å². The minimum absolute atomic E-state index is 0.0367. The molecule has 0 saturated heterocycles. The van der Waals surface area contributed by atoms with Gasteiger partial charge in [-0.2, -0.15) is 0 Å². The first-order chi connectivity index (χ1) is 13.1. The van der Waals surface area contributed by atoms with Gasteiger partial charge in [0.25, 0.3) is 0 Å². The third-order valence-electron chi connectivity index (χ3n) is 6.56. The van der Waals surface area contributed by atoms with Crippen molar-refractivity contribution in [2.45, 2.75) is 88.6 Å². The molecule has 2 saturated carbocycles. The molecular weight excluding hydrogens is 363 g/mol. The maximum absolute atomic E-state index is 13.3. The molecule has 3 rings (SSSR count). The molecule has 27 heavy (non-hydrogen) atoms. The Balaban J connectivity index is 1.60. The van der Waals surface area contributed by atoms with Crippen molar-refractivity contribution in [1.82, 2.24) is 0 Å². The van der Waals surface area contributed by atoms with Crippen LogP contribution >= 0.6 is 11.6 Å². The first-order valence-electron chi connectivity index (χ1n) is 10.7. The van der Waals surface area contributed by atoms with Crippen molar-refractivity contribution >= 4 is 17.6 Å². The molecule has 0 bridgehead atoms. The third kappa shape index (κ3) is 5.25. The van der Waals surface area contributed by atoms with Crippen molar-refractivity contribution in [3.8, 4) is 0 Å². The molecule has 0 heterocycles. The number of rotatable bonds is 7. The number of hydrogen-bond acceptors (Lipinski definition) is 2. The lowest BCUT2D eigenvalue weighted by Gasteiger charge is -2.38. The zero-order valence-corrected chi connectivity index (χ0v) is 17.0. The fraction of sp³-hybridized carbons (Fsp3) is 0.696. The Morgan fingerprint density at radius 3 is 2.33 bits per heavy atom. The van der Waals surface area contributed by atoms with Crippen LogP contribution < -0.4 is 0 Å². The number of esters is 1. The molecule has 0 radical (unpaired) electrons. The van der Waals surface area contributed by atoms with E-state index >= 15 is 0 Å². The number of ether oxygens (including phenoxy) is 1. The Bertz CT molecular complexity index is 587. The summed E-state index contributed by atoms with van der Waals surface area (Å²) in [6.45, 7) is -0.209. The van der Waals surface area contributed by atoms with E-state index in [0.717, 1.165) is 69.8 Å². The second-order valence-corrected chi connectivity index (χ2v) is 8.82. The Morgan fingerprint density at radius 1 is 1.04 bits per heavy atom. The normalized spacial score (nSPS) is 25.1. The van der Waals surface area contributed by atoms with Gasteiger partial charge < -0.3 is 4.74 Å². The van der Waals surface area contributed by atoms with Gasteiger partial charge in [-0.05, 0) is 68.6 Å². The van der Waals surface area contributed by atoms with E-state index in [0.29, 0.717) is 17.4 Å². The van der Waals surface area contributed by atoms with Gasteiger partial charge in [0.2, 0.25) is 0 Å². The number of unbranched alkanes of at least 4 members (excludes halogenated alkanes) is 1. The van der Waals surface area contributed by atoms with Gasteiger partial charge in [-0.25, -0.2) is 0 Å². The summed E-state index contributed by atoms with van der Waals surface area (Å²) in [5.74, 6) is 0.636.